The molecular weight excluding hydrogens is 348 g/mol. The first kappa shape index (κ1) is 16.5. The van der Waals surface area contributed by atoms with Crippen LogP contribution in [0.5, 0.6) is 5.75 Å². The Labute approximate surface area is 156 Å². The van der Waals surface area contributed by atoms with Crippen LogP contribution in [0.1, 0.15) is 5.56 Å². The van der Waals surface area contributed by atoms with Gasteiger partial charge in [0.15, 0.2) is 5.17 Å². The zero-order chi connectivity index (χ0) is 17.9. The molecule has 0 radical (unpaired) electrons. The molecule has 0 saturated carbocycles. The number of hydrogen-bond acceptors (Lipinski definition) is 6. The van der Waals surface area contributed by atoms with Gasteiger partial charge in [0.1, 0.15) is 5.75 Å². The van der Waals surface area contributed by atoms with E-state index in [0.717, 1.165) is 16.6 Å². The number of benzene rings is 2. The predicted molar refractivity (Wildman–Crippen MR) is 104 cm³/mol. The van der Waals surface area contributed by atoms with Crippen LogP contribution in [0.25, 0.3) is 0 Å². The maximum absolute atomic E-state index is 12.9. The number of carbonyl (C=O) groups excluding carboxylic acids is 1. The van der Waals surface area contributed by atoms with Gasteiger partial charge in [-0.05, 0) is 17.7 Å². The van der Waals surface area contributed by atoms with Crippen molar-refractivity contribution in [3.05, 3.63) is 72.6 Å². The second-order valence-corrected chi connectivity index (χ2v) is 6.76. The molecule has 6 nitrogen and oxygen atoms in total. The van der Waals surface area contributed by atoms with Crippen molar-refractivity contribution in [3.63, 3.8) is 0 Å². The zero-order valence-electron chi connectivity index (χ0n) is 14.2. The number of ether oxygens (including phenoxy) is 1. The SMILES string of the molecule is COc1cccc(N2C=CN3C(SCc4ccccc4)=NNC3C2=O)c1. The topological polar surface area (TPSA) is 57.2 Å². The molecule has 1 atom stereocenters. The summed E-state index contributed by atoms with van der Waals surface area (Å²) in [5.41, 5.74) is 4.92. The van der Waals surface area contributed by atoms with Crippen LogP contribution in [0.3, 0.4) is 0 Å². The first-order valence-corrected chi connectivity index (χ1v) is 9.18. The van der Waals surface area contributed by atoms with E-state index in [0.29, 0.717) is 5.75 Å². The standard InChI is InChI=1S/C19H18N4O2S/c1-25-16-9-5-8-15(12-16)22-10-11-23-17(18(22)24)20-21-19(23)26-13-14-6-3-2-4-7-14/h2-12,17,20H,13H2,1H3. The number of thioether (sulfide) groups is 1. The van der Waals surface area contributed by atoms with Crippen molar-refractivity contribution < 1.29 is 9.53 Å². The summed E-state index contributed by atoms with van der Waals surface area (Å²) < 4.78 is 5.24. The van der Waals surface area contributed by atoms with Gasteiger partial charge in [-0.3, -0.25) is 20.0 Å². The van der Waals surface area contributed by atoms with E-state index >= 15 is 0 Å². The molecule has 0 aromatic heterocycles. The summed E-state index contributed by atoms with van der Waals surface area (Å²) in [5, 5.41) is 5.13. The van der Waals surface area contributed by atoms with E-state index in [9.17, 15) is 4.79 Å². The number of amides is 1. The van der Waals surface area contributed by atoms with E-state index in [2.05, 4.69) is 22.7 Å². The lowest BCUT2D eigenvalue weighted by molar-refractivity contribution is -0.122. The van der Waals surface area contributed by atoms with Crippen molar-refractivity contribution in [2.45, 2.75) is 11.9 Å². The van der Waals surface area contributed by atoms with Crippen molar-refractivity contribution in [2.24, 2.45) is 5.10 Å². The van der Waals surface area contributed by atoms with Gasteiger partial charge >= 0.3 is 0 Å². The zero-order valence-corrected chi connectivity index (χ0v) is 15.0. The lowest BCUT2D eigenvalue weighted by Gasteiger charge is -2.32. The lowest BCUT2D eigenvalue weighted by Crippen LogP contribution is -2.52. The number of amidine groups is 1. The molecule has 0 spiro atoms. The molecule has 1 N–H and O–H groups in total. The normalized spacial score (nSPS) is 18.4. The van der Waals surface area contributed by atoms with Gasteiger partial charge in [0, 0.05) is 24.2 Å². The molecule has 2 aromatic carbocycles. The second kappa shape index (κ2) is 7.13. The quantitative estimate of drug-likeness (QED) is 0.902. The van der Waals surface area contributed by atoms with Crippen LogP contribution in [0, 0.1) is 0 Å². The third-order valence-electron chi connectivity index (χ3n) is 4.17. The summed E-state index contributed by atoms with van der Waals surface area (Å²) in [5.74, 6) is 1.42. The van der Waals surface area contributed by atoms with Crippen molar-refractivity contribution >= 4 is 28.5 Å². The van der Waals surface area contributed by atoms with Gasteiger partial charge in [-0.25, -0.2) is 0 Å². The third-order valence-corrected chi connectivity index (χ3v) is 5.21. The van der Waals surface area contributed by atoms with Crippen molar-refractivity contribution in [3.8, 4) is 5.75 Å². The summed E-state index contributed by atoms with van der Waals surface area (Å²) in [7, 11) is 1.61. The van der Waals surface area contributed by atoms with E-state index in [1.165, 1.54) is 5.56 Å². The summed E-state index contributed by atoms with van der Waals surface area (Å²) in [4.78, 5) is 16.3. The minimum Gasteiger partial charge on any atom is -0.497 e. The van der Waals surface area contributed by atoms with Gasteiger partial charge in [0.05, 0.1) is 12.8 Å². The van der Waals surface area contributed by atoms with E-state index < -0.39 is 6.17 Å². The minimum absolute atomic E-state index is 0.0835. The first-order chi connectivity index (χ1) is 12.8. The fraction of sp³-hybridized carbons (Fsp3) is 0.158. The lowest BCUT2D eigenvalue weighted by atomic mass is 10.2. The van der Waals surface area contributed by atoms with Crippen molar-refractivity contribution in [1.82, 2.24) is 10.3 Å². The maximum atomic E-state index is 12.9. The summed E-state index contributed by atoms with van der Waals surface area (Å²) in [6, 6.07) is 17.6. The van der Waals surface area contributed by atoms with Crippen molar-refractivity contribution in [2.75, 3.05) is 12.0 Å². The number of methoxy groups -OCH3 is 1. The van der Waals surface area contributed by atoms with E-state index in [1.54, 1.807) is 30.0 Å². The molecule has 132 valence electrons. The largest absolute Gasteiger partial charge is 0.497 e. The number of fused-ring (bicyclic) bond motifs is 1. The highest BCUT2D eigenvalue weighted by atomic mass is 32.2. The van der Waals surface area contributed by atoms with E-state index in [4.69, 9.17) is 4.74 Å². The highest BCUT2D eigenvalue weighted by molar-refractivity contribution is 8.13. The number of rotatable bonds is 4. The number of nitrogens with one attached hydrogen (secondary N) is 1. The molecule has 1 amide bonds. The number of hydrogen-bond donors (Lipinski definition) is 1. The molecule has 4 rings (SSSR count). The Bertz CT molecular complexity index is 869. The van der Waals surface area contributed by atoms with Crippen LogP contribution in [0.4, 0.5) is 5.69 Å². The third kappa shape index (κ3) is 3.13. The molecule has 2 aliphatic heterocycles. The van der Waals surface area contributed by atoms with Gasteiger partial charge in [0.2, 0.25) is 6.17 Å². The monoisotopic (exact) mass is 366 g/mol. The van der Waals surface area contributed by atoms with Gasteiger partial charge in [-0.15, -0.1) is 0 Å². The number of carbonyl (C=O) groups is 1. The highest BCUT2D eigenvalue weighted by Crippen LogP contribution is 2.28. The molecule has 1 unspecified atom stereocenters. The summed E-state index contributed by atoms with van der Waals surface area (Å²) >= 11 is 1.60. The van der Waals surface area contributed by atoms with Crippen molar-refractivity contribution in [1.29, 1.82) is 0 Å². The van der Waals surface area contributed by atoms with Crippen LogP contribution in [0.15, 0.2) is 72.1 Å². The first-order valence-electron chi connectivity index (χ1n) is 8.20. The molecule has 0 fully saturated rings. The van der Waals surface area contributed by atoms with Crippen LogP contribution in [0.2, 0.25) is 0 Å². The predicted octanol–water partition coefficient (Wildman–Crippen LogP) is 2.95. The number of nitrogens with zero attached hydrogens (tertiary/aromatic N) is 3. The molecule has 0 aliphatic carbocycles. The van der Waals surface area contributed by atoms with Gasteiger partial charge < -0.3 is 4.74 Å². The average molecular weight is 366 g/mol. The molecule has 2 aromatic rings. The molecule has 2 aliphatic rings. The smallest absolute Gasteiger partial charge is 0.276 e. The Kier molecular flexibility index (Phi) is 4.53. The Morgan fingerprint density at radius 1 is 1.15 bits per heavy atom. The van der Waals surface area contributed by atoms with E-state index in [1.807, 2.05) is 53.6 Å². The summed E-state index contributed by atoms with van der Waals surface area (Å²) in [6.07, 6.45) is 3.12. The Morgan fingerprint density at radius 3 is 2.81 bits per heavy atom. The molecule has 0 bridgehead atoms. The fourth-order valence-electron chi connectivity index (χ4n) is 2.82. The Balaban J connectivity index is 1.48. The van der Waals surface area contributed by atoms with Crippen LogP contribution >= 0.6 is 11.8 Å². The van der Waals surface area contributed by atoms with Gasteiger partial charge in [-0.2, -0.15) is 5.10 Å². The average Bonchev–Trinajstić information content (AvgIpc) is 3.11. The summed E-state index contributed by atoms with van der Waals surface area (Å²) in [6.45, 7) is 0. The second-order valence-electron chi connectivity index (χ2n) is 5.82. The molecule has 2 heterocycles. The van der Waals surface area contributed by atoms with E-state index in [-0.39, 0.29) is 5.91 Å². The van der Waals surface area contributed by atoms with Gasteiger partial charge in [-0.1, -0.05) is 48.2 Å². The van der Waals surface area contributed by atoms with Crippen LogP contribution in [-0.4, -0.2) is 29.3 Å². The molecule has 26 heavy (non-hydrogen) atoms. The Hall–Kier alpha value is -2.93. The van der Waals surface area contributed by atoms with Gasteiger partial charge in [0.25, 0.3) is 5.91 Å². The molecule has 0 saturated heterocycles. The van der Waals surface area contributed by atoms with Crippen LogP contribution < -0.4 is 15.1 Å². The molecule has 7 heteroatoms. The number of hydrazone groups is 1. The Morgan fingerprint density at radius 2 is 2.00 bits per heavy atom. The fourth-order valence-corrected chi connectivity index (χ4v) is 3.74. The molecular formula is C19H18N4O2S. The number of anilines is 1. The van der Waals surface area contributed by atoms with Crippen LogP contribution in [-0.2, 0) is 10.5 Å². The maximum Gasteiger partial charge on any atom is 0.276 e. The minimum atomic E-state index is -0.524. The highest BCUT2D eigenvalue weighted by Gasteiger charge is 2.38.